The number of sulfonamides is 1. The predicted octanol–water partition coefficient (Wildman–Crippen LogP) is 5.47. The first-order valence-electron chi connectivity index (χ1n) is 13.6. The van der Waals surface area contributed by atoms with E-state index in [0.29, 0.717) is 12.1 Å². The van der Waals surface area contributed by atoms with Gasteiger partial charge in [-0.2, -0.15) is 0 Å². The van der Waals surface area contributed by atoms with E-state index in [1.807, 2.05) is 37.3 Å². The van der Waals surface area contributed by atoms with E-state index in [-0.39, 0.29) is 23.4 Å². The van der Waals surface area contributed by atoms with E-state index in [1.54, 1.807) is 55.5 Å². The standard InChI is InChI=1S/C31H36BrN3O4S/c1-23-12-18-29(19-13-23)40(38,39)35(28-16-14-26(32)15-17-28)22-30(36)34(21-20-25-8-4-3-5-9-25)24(2)31(37)33-27-10-6-7-11-27/h3-5,8-9,12-19,24,27H,6-7,10-11,20-22H2,1-2H3,(H,33,37). The van der Waals surface area contributed by atoms with Gasteiger partial charge in [0.2, 0.25) is 11.8 Å². The summed E-state index contributed by atoms with van der Waals surface area (Å²) in [5.74, 6) is -0.659. The fraction of sp³-hybridized carbons (Fsp3) is 0.355. The zero-order valence-electron chi connectivity index (χ0n) is 22.9. The molecule has 9 heteroatoms. The van der Waals surface area contributed by atoms with E-state index in [2.05, 4.69) is 21.2 Å². The van der Waals surface area contributed by atoms with E-state index < -0.39 is 28.5 Å². The Morgan fingerprint density at radius 3 is 2.20 bits per heavy atom. The molecule has 1 atom stereocenters. The number of aryl methyl sites for hydroxylation is 1. The van der Waals surface area contributed by atoms with Crippen molar-refractivity contribution < 1.29 is 18.0 Å². The Hall–Kier alpha value is -3.17. The van der Waals surface area contributed by atoms with Crippen LogP contribution < -0.4 is 9.62 Å². The van der Waals surface area contributed by atoms with Crippen molar-refractivity contribution >= 4 is 43.5 Å². The van der Waals surface area contributed by atoms with Gasteiger partial charge in [0.05, 0.1) is 10.6 Å². The van der Waals surface area contributed by atoms with Crippen LogP contribution in [-0.4, -0.2) is 50.3 Å². The lowest BCUT2D eigenvalue weighted by Gasteiger charge is -2.32. The van der Waals surface area contributed by atoms with Gasteiger partial charge >= 0.3 is 0 Å². The number of benzene rings is 3. The minimum absolute atomic E-state index is 0.0941. The van der Waals surface area contributed by atoms with E-state index in [1.165, 1.54) is 4.90 Å². The summed E-state index contributed by atoms with van der Waals surface area (Å²) in [6, 6.07) is 22.4. The second-order valence-corrected chi connectivity index (χ2v) is 13.1. The van der Waals surface area contributed by atoms with Crippen LogP contribution in [0.15, 0.2) is 88.2 Å². The quantitative estimate of drug-likeness (QED) is 0.306. The van der Waals surface area contributed by atoms with Crippen molar-refractivity contribution in [3.05, 3.63) is 94.5 Å². The Kier molecular flexibility index (Phi) is 10.0. The molecule has 0 saturated heterocycles. The molecule has 3 aromatic carbocycles. The lowest BCUT2D eigenvalue weighted by molar-refractivity contribution is -0.139. The highest BCUT2D eigenvalue weighted by atomic mass is 79.9. The number of hydrogen-bond donors (Lipinski definition) is 1. The molecule has 0 spiro atoms. The molecule has 0 bridgehead atoms. The Balaban J connectivity index is 1.63. The molecule has 4 rings (SSSR count). The summed E-state index contributed by atoms with van der Waals surface area (Å²) in [6.45, 7) is 3.44. The molecule has 0 radical (unpaired) electrons. The molecule has 0 aromatic heterocycles. The third kappa shape index (κ3) is 7.52. The van der Waals surface area contributed by atoms with Crippen LogP contribution in [0.5, 0.6) is 0 Å². The summed E-state index contributed by atoms with van der Waals surface area (Å²) < 4.78 is 29.6. The van der Waals surface area contributed by atoms with Gasteiger partial charge in [0.15, 0.2) is 0 Å². The third-order valence-corrected chi connectivity index (χ3v) is 9.67. The first kappa shape index (κ1) is 29.8. The Morgan fingerprint density at radius 2 is 1.57 bits per heavy atom. The van der Waals surface area contributed by atoms with Gasteiger partial charge in [0.25, 0.3) is 10.0 Å². The molecule has 2 amide bonds. The highest BCUT2D eigenvalue weighted by molar-refractivity contribution is 9.10. The normalized spacial score (nSPS) is 14.5. The van der Waals surface area contributed by atoms with Crippen molar-refractivity contribution in [3.63, 3.8) is 0 Å². The zero-order chi connectivity index (χ0) is 28.7. The van der Waals surface area contributed by atoms with Crippen molar-refractivity contribution in [1.29, 1.82) is 0 Å². The van der Waals surface area contributed by atoms with E-state index >= 15 is 0 Å². The summed E-state index contributed by atoms with van der Waals surface area (Å²) in [5.41, 5.74) is 2.32. The van der Waals surface area contributed by atoms with Crippen LogP contribution in [0, 0.1) is 6.92 Å². The molecule has 1 aliphatic carbocycles. The molecule has 40 heavy (non-hydrogen) atoms. The maximum Gasteiger partial charge on any atom is 0.264 e. The average molecular weight is 627 g/mol. The van der Waals surface area contributed by atoms with Gasteiger partial charge < -0.3 is 10.2 Å². The minimum atomic E-state index is -4.07. The molecule has 0 aliphatic heterocycles. The average Bonchev–Trinajstić information content (AvgIpc) is 3.46. The summed E-state index contributed by atoms with van der Waals surface area (Å²) in [7, 11) is -4.07. The summed E-state index contributed by atoms with van der Waals surface area (Å²) in [6.07, 6.45) is 4.56. The number of rotatable bonds is 11. The van der Waals surface area contributed by atoms with Crippen LogP contribution in [0.2, 0.25) is 0 Å². The number of halogens is 1. The molecule has 1 saturated carbocycles. The van der Waals surface area contributed by atoms with E-state index in [4.69, 9.17) is 0 Å². The number of amides is 2. The maximum atomic E-state index is 14.0. The van der Waals surface area contributed by atoms with Gasteiger partial charge in [-0.3, -0.25) is 13.9 Å². The van der Waals surface area contributed by atoms with Crippen molar-refractivity contribution in [1.82, 2.24) is 10.2 Å². The van der Waals surface area contributed by atoms with Crippen LogP contribution in [0.3, 0.4) is 0 Å². The van der Waals surface area contributed by atoms with Crippen LogP contribution >= 0.6 is 15.9 Å². The van der Waals surface area contributed by atoms with Crippen molar-refractivity contribution in [2.24, 2.45) is 0 Å². The molecule has 1 aliphatic rings. The van der Waals surface area contributed by atoms with Gasteiger partial charge in [-0.05, 0) is 75.1 Å². The lowest BCUT2D eigenvalue weighted by Crippen LogP contribution is -2.53. The van der Waals surface area contributed by atoms with E-state index in [9.17, 15) is 18.0 Å². The Labute approximate surface area is 245 Å². The molecule has 3 aromatic rings. The van der Waals surface area contributed by atoms with Crippen molar-refractivity contribution in [3.8, 4) is 0 Å². The first-order valence-corrected chi connectivity index (χ1v) is 15.9. The van der Waals surface area contributed by atoms with Gasteiger partial charge in [-0.15, -0.1) is 0 Å². The molecule has 7 nitrogen and oxygen atoms in total. The summed E-state index contributed by atoms with van der Waals surface area (Å²) >= 11 is 3.40. The minimum Gasteiger partial charge on any atom is -0.352 e. The van der Waals surface area contributed by atoms with Gasteiger partial charge in [0, 0.05) is 17.1 Å². The zero-order valence-corrected chi connectivity index (χ0v) is 25.3. The Bertz CT molecular complexity index is 1390. The second-order valence-electron chi connectivity index (χ2n) is 10.3. The number of carbonyl (C=O) groups excluding carboxylic acids is 2. The van der Waals surface area contributed by atoms with Crippen molar-refractivity contribution in [2.75, 3.05) is 17.4 Å². The number of hydrogen-bond acceptors (Lipinski definition) is 4. The van der Waals surface area contributed by atoms with Crippen LogP contribution in [-0.2, 0) is 26.0 Å². The SMILES string of the molecule is Cc1ccc(S(=O)(=O)N(CC(=O)N(CCc2ccccc2)C(C)C(=O)NC2CCCC2)c2ccc(Br)cc2)cc1. The van der Waals surface area contributed by atoms with Gasteiger partial charge in [-0.1, -0.05) is 76.8 Å². The fourth-order valence-corrected chi connectivity index (χ4v) is 6.61. The van der Waals surface area contributed by atoms with Gasteiger partial charge in [-0.25, -0.2) is 8.42 Å². The maximum absolute atomic E-state index is 14.0. The Morgan fingerprint density at radius 1 is 0.950 bits per heavy atom. The molecule has 212 valence electrons. The molecular formula is C31H36BrN3O4S. The van der Waals surface area contributed by atoms with Crippen LogP contribution in [0.4, 0.5) is 5.69 Å². The second kappa shape index (κ2) is 13.5. The molecule has 0 heterocycles. The number of nitrogens with one attached hydrogen (secondary N) is 1. The number of anilines is 1. The predicted molar refractivity (Wildman–Crippen MR) is 162 cm³/mol. The highest BCUT2D eigenvalue weighted by Crippen LogP contribution is 2.26. The molecule has 1 fully saturated rings. The highest BCUT2D eigenvalue weighted by Gasteiger charge is 2.33. The topological polar surface area (TPSA) is 86.8 Å². The smallest absolute Gasteiger partial charge is 0.264 e. The third-order valence-electron chi connectivity index (χ3n) is 7.36. The van der Waals surface area contributed by atoms with Crippen LogP contribution in [0.25, 0.3) is 0 Å². The lowest BCUT2D eigenvalue weighted by atomic mass is 10.1. The van der Waals surface area contributed by atoms with Crippen molar-refractivity contribution in [2.45, 2.75) is 62.9 Å². The fourth-order valence-electron chi connectivity index (χ4n) is 4.94. The summed E-state index contributed by atoms with van der Waals surface area (Å²) in [5, 5.41) is 3.09. The van der Waals surface area contributed by atoms with Crippen LogP contribution in [0.1, 0.15) is 43.7 Å². The number of nitrogens with zero attached hydrogens (tertiary/aromatic N) is 2. The first-order chi connectivity index (χ1) is 19.1. The molecule has 1 unspecified atom stereocenters. The number of carbonyl (C=O) groups is 2. The van der Waals surface area contributed by atoms with E-state index in [0.717, 1.165) is 45.6 Å². The molecular weight excluding hydrogens is 590 g/mol. The van der Waals surface area contributed by atoms with Gasteiger partial charge in [0.1, 0.15) is 12.6 Å². The largest absolute Gasteiger partial charge is 0.352 e. The summed E-state index contributed by atoms with van der Waals surface area (Å²) in [4.78, 5) is 28.8. The molecule has 1 N–H and O–H groups in total. The monoisotopic (exact) mass is 625 g/mol.